The minimum atomic E-state index is -4.36. The molecule has 0 aliphatic rings. The number of aromatic amines is 1. The first-order valence-corrected chi connectivity index (χ1v) is 8.36. The minimum Gasteiger partial charge on any atom is -0.340 e. The fourth-order valence-electron chi connectivity index (χ4n) is 2.76. The van der Waals surface area contributed by atoms with Crippen LogP contribution in [0.1, 0.15) is 5.56 Å². The van der Waals surface area contributed by atoms with Gasteiger partial charge in [0, 0.05) is 29.8 Å². The number of aromatic nitrogens is 4. The third-order valence-electron chi connectivity index (χ3n) is 4.10. The quantitative estimate of drug-likeness (QED) is 0.504. The highest BCUT2D eigenvalue weighted by Gasteiger charge is 2.29. The zero-order chi connectivity index (χ0) is 19.6. The van der Waals surface area contributed by atoms with Crippen molar-refractivity contribution >= 4 is 11.5 Å². The summed E-state index contributed by atoms with van der Waals surface area (Å²) < 4.78 is 38.1. The summed E-state index contributed by atoms with van der Waals surface area (Å²) in [7, 11) is 0. The van der Waals surface area contributed by atoms with Crippen molar-refractivity contribution < 1.29 is 13.2 Å². The summed E-state index contributed by atoms with van der Waals surface area (Å²) in [5.74, 6) is 0.505. The molecular weight excluding hydrogens is 367 g/mol. The van der Waals surface area contributed by atoms with Gasteiger partial charge in [-0.3, -0.25) is 10.1 Å². The van der Waals surface area contributed by atoms with E-state index in [2.05, 4.69) is 25.5 Å². The second-order valence-electron chi connectivity index (χ2n) is 5.99. The Labute approximate surface area is 158 Å². The number of anilines is 2. The predicted molar refractivity (Wildman–Crippen MR) is 99.8 cm³/mol. The molecule has 1 aromatic carbocycles. The number of alkyl halides is 3. The maximum atomic E-state index is 12.7. The predicted octanol–water partition coefficient (Wildman–Crippen LogP) is 5.30. The summed E-state index contributed by atoms with van der Waals surface area (Å²) in [4.78, 5) is 8.56. The van der Waals surface area contributed by atoms with Crippen molar-refractivity contribution in [2.45, 2.75) is 6.18 Å². The van der Waals surface area contributed by atoms with Crippen LogP contribution in [-0.2, 0) is 6.18 Å². The van der Waals surface area contributed by atoms with Crippen molar-refractivity contribution in [1.82, 2.24) is 20.2 Å². The van der Waals surface area contributed by atoms with Crippen molar-refractivity contribution in [2.24, 2.45) is 0 Å². The number of hydrogen-bond acceptors (Lipinski definition) is 4. The second-order valence-corrected chi connectivity index (χ2v) is 5.99. The average Bonchev–Trinajstić information content (AvgIpc) is 3.19. The van der Waals surface area contributed by atoms with E-state index in [9.17, 15) is 13.2 Å². The summed E-state index contributed by atoms with van der Waals surface area (Å²) in [5.41, 5.74) is 2.93. The lowest BCUT2D eigenvalue weighted by molar-refractivity contribution is -0.137. The van der Waals surface area contributed by atoms with E-state index in [1.165, 1.54) is 12.1 Å². The molecule has 0 saturated carbocycles. The Morgan fingerprint density at radius 3 is 2.43 bits per heavy atom. The third kappa shape index (κ3) is 3.71. The molecule has 3 heterocycles. The van der Waals surface area contributed by atoms with Crippen molar-refractivity contribution in [1.29, 1.82) is 0 Å². The van der Waals surface area contributed by atoms with E-state index < -0.39 is 11.7 Å². The molecule has 140 valence electrons. The fourth-order valence-corrected chi connectivity index (χ4v) is 2.76. The van der Waals surface area contributed by atoms with Gasteiger partial charge in [0.15, 0.2) is 0 Å². The summed E-state index contributed by atoms with van der Waals surface area (Å²) >= 11 is 0. The SMILES string of the molecule is FC(F)(F)c1ccc(Nc2cc(-c3c[nH]nc3-c3ccccn3)ccn2)cc1. The first-order valence-electron chi connectivity index (χ1n) is 8.36. The van der Waals surface area contributed by atoms with E-state index in [-0.39, 0.29) is 0 Å². The van der Waals surface area contributed by atoms with Crippen LogP contribution in [-0.4, -0.2) is 20.2 Å². The Kier molecular flexibility index (Phi) is 4.52. The van der Waals surface area contributed by atoms with Crippen molar-refractivity contribution in [3.8, 4) is 22.5 Å². The summed E-state index contributed by atoms with van der Waals surface area (Å²) in [5, 5.41) is 10.1. The van der Waals surface area contributed by atoms with Crippen LogP contribution in [0.15, 0.2) is 73.2 Å². The molecule has 0 bridgehead atoms. The molecule has 2 N–H and O–H groups in total. The van der Waals surface area contributed by atoms with Gasteiger partial charge in [-0.15, -0.1) is 0 Å². The molecule has 0 radical (unpaired) electrons. The standard InChI is InChI=1S/C20H14F3N5/c21-20(22,23)14-4-6-15(7-5-14)27-18-11-13(8-10-25-18)16-12-26-28-19(16)17-3-1-2-9-24-17/h1-12H,(H,25,27)(H,26,28). The third-order valence-corrected chi connectivity index (χ3v) is 4.10. The van der Waals surface area contributed by atoms with Gasteiger partial charge in [0.2, 0.25) is 0 Å². The van der Waals surface area contributed by atoms with Crippen molar-refractivity contribution in [2.75, 3.05) is 5.32 Å². The number of hydrogen-bond donors (Lipinski definition) is 2. The van der Waals surface area contributed by atoms with Gasteiger partial charge >= 0.3 is 6.18 Å². The van der Waals surface area contributed by atoms with E-state index in [1.54, 1.807) is 24.7 Å². The first-order chi connectivity index (χ1) is 13.5. The lowest BCUT2D eigenvalue weighted by Crippen LogP contribution is -2.04. The minimum absolute atomic E-state index is 0.505. The molecule has 0 saturated heterocycles. The zero-order valence-electron chi connectivity index (χ0n) is 14.4. The molecule has 0 spiro atoms. The lowest BCUT2D eigenvalue weighted by atomic mass is 10.1. The molecule has 4 rings (SSSR count). The van der Waals surface area contributed by atoms with Crippen LogP contribution in [0.3, 0.4) is 0 Å². The van der Waals surface area contributed by atoms with E-state index in [1.807, 2.05) is 24.3 Å². The lowest BCUT2D eigenvalue weighted by Gasteiger charge is -2.10. The van der Waals surface area contributed by atoms with Gasteiger partial charge in [0.05, 0.1) is 11.3 Å². The van der Waals surface area contributed by atoms with Crippen LogP contribution >= 0.6 is 0 Å². The Balaban J connectivity index is 1.60. The number of benzene rings is 1. The highest BCUT2D eigenvalue weighted by molar-refractivity contribution is 5.80. The summed E-state index contributed by atoms with van der Waals surface area (Å²) in [6, 6.07) is 14.0. The highest BCUT2D eigenvalue weighted by Crippen LogP contribution is 2.32. The Hall–Kier alpha value is -3.68. The van der Waals surface area contributed by atoms with Crippen molar-refractivity contribution in [3.63, 3.8) is 0 Å². The molecule has 0 atom stereocenters. The number of nitrogens with one attached hydrogen (secondary N) is 2. The molecule has 0 aliphatic carbocycles. The number of halogens is 3. The van der Waals surface area contributed by atoms with Crippen LogP contribution in [0.4, 0.5) is 24.7 Å². The number of pyridine rings is 2. The highest BCUT2D eigenvalue weighted by atomic mass is 19.4. The topological polar surface area (TPSA) is 66.5 Å². The number of nitrogens with zero attached hydrogens (tertiary/aromatic N) is 3. The Morgan fingerprint density at radius 2 is 1.71 bits per heavy atom. The average molecular weight is 381 g/mol. The molecule has 3 aromatic heterocycles. The van der Waals surface area contributed by atoms with Crippen molar-refractivity contribution in [3.05, 3.63) is 78.8 Å². The largest absolute Gasteiger partial charge is 0.416 e. The number of H-pyrrole nitrogens is 1. The van der Waals surface area contributed by atoms with Gasteiger partial charge in [0.1, 0.15) is 11.5 Å². The smallest absolute Gasteiger partial charge is 0.340 e. The van der Waals surface area contributed by atoms with E-state index in [4.69, 9.17) is 0 Å². The van der Waals surface area contributed by atoms with Crippen LogP contribution in [0.25, 0.3) is 22.5 Å². The number of rotatable bonds is 4. The van der Waals surface area contributed by atoms with E-state index in [0.29, 0.717) is 17.2 Å². The molecule has 28 heavy (non-hydrogen) atoms. The fraction of sp³-hybridized carbons (Fsp3) is 0.0500. The van der Waals surface area contributed by atoms with Gasteiger partial charge in [-0.05, 0) is 54.1 Å². The van der Waals surface area contributed by atoms with Gasteiger partial charge in [0.25, 0.3) is 0 Å². The summed E-state index contributed by atoms with van der Waals surface area (Å²) in [6.07, 6.45) is 0.718. The molecule has 0 fully saturated rings. The molecule has 0 aliphatic heterocycles. The molecule has 0 unspecified atom stereocenters. The molecule has 4 aromatic rings. The summed E-state index contributed by atoms with van der Waals surface area (Å²) in [6.45, 7) is 0. The zero-order valence-corrected chi connectivity index (χ0v) is 14.4. The van der Waals surface area contributed by atoms with Crippen LogP contribution in [0.2, 0.25) is 0 Å². The van der Waals surface area contributed by atoms with Crippen LogP contribution < -0.4 is 5.32 Å². The van der Waals surface area contributed by atoms with Crippen LogP contribution in [0, 0.1) is 0 Å². The van der Waals surface area contributed by atoms with Gasteiger partial charge in [-0.25, -0.2) is 4.98 Å². The van der Waals surface area contributed by atoms with Gasteiger partial charge in [-0.2, -0.15) is 18.3 Å². The maximum Gasteiger partial charge on any atom is 0.416 e. The van der Waals surface area contributed by atoms with Gasteiger partial charge in [-0.1, -0.05) is 6.07 Å². The Bertz CT molecular complexity index is 1070. The molecule has 8 heteroatoms. The van der Waals surface area contributed by atoms with E-state index >= 15 is 0 Å². The maximum absolute atomic E-state index is 12.7. The molecule has 5 nitrogen and oxygen atoms in total. The molecule has 0 amide bonds. The normalized spacial score (nSPS) is 11.4. The second kappa shape index (κ2) is 7.15. The van der Waals surface area contributed by atoms with Crippen LogP contribution in [0.5, 0.6) is 0 Å². The monoisotopic (exact) mass is 381 g/mol. The van der Waals surface area contributed by atoms with Gasteiger partial charge < -0.3 is 5.32 Å². The van der Waals surface area contributed by atoms with E-state index in [0.717, 1.165) is 29.0 Å². The molecular formula is C20H14F3N5. The first kappa shape index (κ1) is 17.7. The Morgan fingerprint density at radius 1 is 0.893 bits per heavy atom.